The molecule has 0 spiro atoms. The highest BCUT2D eigenvalue weighted by molar-refractivity contribution is 5.92. The summed E-state index contributed by atoms with van der Waals surface area (Å²) in [5.74, 6) is -1.28. The molecule has 0 unspecified atom stereocenters. The van der Waals surface area contributed by atoms with E-state index in [0.29, 0.717) is 5.56 Å². The first-order chi connectivity index (χ1) is 12.3. The van der Waals surface area contributed by atoms with E-state index in [0.717, 1.165) is 19.3 Å². The van der Waals surface area contributed by atoms with Gasteiger partial charge in [0.05, 0.1) is 5.41 Å². The highest BCUT2D eigenvalue weighted by atomic mass is 19.1. The SMILES string of the molecule is C[C@H](NC(=O)C1(Cc2ccccc2F)CN(C(=O)C2CCC2)C1)C(N)=O. The number of hydrogen-bond donors (Lipinski definition) is 2. The van der Waals surface area contributed by atoms with E-state index in [1.165, 1.54) is 13.0 Å². The maximum atomic E-state index is 14.1. The minimum Gasteiger partial charge on any atom is -0.368 e. The zero-order valence-electron chi connectivity index (χ0n) is 14.8. The van der Waals surface area contributed by atoms with Crippen molar-refractivity contribution in [3.05, 3.63) is 35.6 Å². The molecule has 1 aromatic rings. The van der Waals surface area contributed by atoms with Gasteiger partial charge in [-0.2, -0.15) is 0 Å². The molecule has 3 rings (SSSR count). The van der Waals surface area contributed by atoms with Crippen molar-refractivity contribution < 1.29 is 18.8 Å². The van der Waals surface area contributed by atoms with Gasteiger partial charge in [0.25, 0.3) is 0 Å². The van der Waals surface area contributed by atoms with Crippen LogP contribution in [0.2, 0.25) is 0 Å². The summed E-state index contributed by atoms with van der Waals surface area (Å²) in [5.41, 5.74) is 4.71. The molecule has 0 aromatic heterocycles. The van der Waals surface area contributed by atoms with E-state index in [1.54, 1.807) is 23.1 Å². The van der Waals surface area contributed by atoms with Crippen LogP contribution in [0.1, 0.15) is 31.7 Å². The Kier molecular flexibility index (Phi) is 4.98. The van der Waals surface area contributed by atoms with E-state index in [2.05, 4.69) is 5.32 Å². The van der Waals surface area contributed by atoms with Gasteiger partial charge >= 0.3 is 0 Å². The molecule has 1 aliphatic heterocycles. The van der Waals surface area contributed by atoms with E-state index in [9.17, 15) is 18.8 Å². The molecule has 1 aliphatic carbocycles. The van der Waals surface area contributed by atoms with Crippen LogP contribution in [0.3, 0.4) is 0 Å². The molecule has 2 aliphatic rings. The summed E-state index contributed by atoms with van der Waals surface area (Å²) in [5, 5.41) is 2.60. The van der Waals surface area contributed by atoms with Crippen molar-refractivity contribution in [2.24, 2.45) is 17.1 Å². The van der Waals surface area contributed by atoms with Crippen LogP contribution < -0.4 is 11.1 Å². The lowest BCUT2D eigenvalue weighted by molar-refractivity contribution is -0.159. The predicted octanol–water partition coefficient (Wildman–Crippen LogP) is 0.987. The molecule has 1 heterocycles. The van der Waals surface area contributed by atoms with Crippen LogP contribution in [-0.4, -0.2) is 41.8 Å². The first kappa shape index (κ1) is 18.4. The minimum absolute atomic E-state index is 0.0501. The third-order valence-electron chi connectivity index (χ3n) is 5.50. The van der Waals surface area contributed by atoms with Gasteiger partial charge in [0, 0.05) is 19.0 Å². The summed E-state index contributed by atoms with van der Waals surface area (Å²) >= 11 is 0. The number of primary amides is 1. The maximum absolute atomic E-state index is 14.1. The van der Waals surface area contributed by atoms with Gasteiger partial charge in [-0.15, -0.1) is 0 Å². The number of nitrogens with one attached hydrogen (secondary N) is 1. The molecule has 3 N–H and O–H groups in total. The number of likely N-dealkylation sites (tertiary alicyclic amines) is 1. The van der Waals surface area contributed by atoms with E-state index in [1.807, 2.05) is 0 Å². The van der Waals surface area contributed by atoms with E-state index >= 15 is 0 Å². The van der Waals surface area contributed by atoms with Crippen molar-refractivity contribution in [1.29, 1.82) is 0 Å². The Morgan fingerprint density at radius 2 is 1.96 bits per heavy atom. The van der Waals surface area contributed by atoms with Crippen molar-refractivity contribution in [1.82, 2.24) is 10.2 Å². The van der Waals surface area contributed by atoms with Gasteiger partial charge in [-0.25, -0.2) is 4.39 Å². The molecular formula is C19H24FN3O3. The molecule has 1 saturated heterocycles. The number of hydrogen-bond acceptors (Lipinski definition) is 3. The highest BCUT2D eigenvalue weighted by Gasteiger charge is 2.52. The fourth-order valence-electron chi connectivity index (χ4n) is 3.52. The van der Waals surface area contributed by atoms with Gasteiger partial charge in [-0.1, -0.05) is 24.6 Å². The van der Waals surface area contributed by atoms with Crippen molar-refractivity contribution in [3.63, 3.8) is 0 Å². The van der Waals surface area contributed by atoms with Gasteiger partial charge in [0.2, 0.25) is 17.7 Å². The molecule has 6 nitrogen and oxygen atoms in total. The summed E-state index contributed by atoms with van der Waals surface area (Å²) in [6.07, 6.45) is 3.01. The summed E-state index contributed by atoms with van der Waals surface area (Å²) in [4.78, 5) is 38.2. The molecule has 140 valence electrons. The highest BCUT2D eigenvalue weighted by Crippen LogP contribution is 2.39. The van der Waals surface area contributed by atoms with E-state index in [4.69, 9.17) is 5.73 Å². The summed E-state index contributed by atoms with van der Waals surface area (Å²) in [6, 6.07) is 5.47. The molecule has 1 aromatic carbocycles. The second-order valence-electron chi connectivity index (χ2n) is 7.47. The summed E-state index contributed by atoms with van der Waals surface area (Å²) < 4.78 is 14.1. The number of amides is 3. The number of carbonyl (C=O) groups excluding carboxylic acids is 3. The number of nitrogens with two attached hydrogens (primary N) is 1. The Bertz CT molecular complexity index is 726. The largest absolute Gasteiger partial charge is 0.368 e. The quantitative estimate of drug-likeness (QED) is 0.791. The van der Waals surface area contributed by atoms with Gasteiger partial charge in [0.15, 0.2) is 0 Å². The molecule has 0 bridgehead atoms. The lowest BCUT2D eigenvalue weighted by Crippen LogP contribution is -2.67. The average molecular weight is 361 g/mol. The molecule has 7 heteroatoms. The Morgan fingerprint density at radius 3 is 2.50 bits per heavy atom. The standard InChI is InChI=1S/C19H24FN3O3/c1-12(16(21)24)22-18(26)19(9-14-5-2-3-8-15(14)20)10-23(11-19)17(25)13-6-4-7-13/h2-3,5,8,12-13H,4,6-7,9-11H2,1H3,(H2,21,24)(H,22,26)/t12-/m0/s1. The molecule has 0 radical (unpaired) electrons. The van der Waals surface area contributed by atoms with Gasteiger partial charge in [0.1, 0.15) is 11.9 Å². The number of rotatable bonds is 6. The zero-order chi connectivity index (χ0) is 18.9. The topological polar surface area (TPSA) is 92.5 Å². The maximum Gasteiger partial charge on any atom is 0.239 e. The number of carbonyl (C=O) groups is 3. The second-order valence-corrected chi connectivity index (χ2v) is 7.47. The normalized spacial score (nSPS) is 19.8. The Labute approximate surface area is 151 Å². The van der Waals surface area contributed by atoms with Crippen LogP contribution in [0.5, 0.6) is 0 Å². The fraction of sp³-hybridized carbons (Fsp3) is 0.526. The fourth-order valence-corrected chi connectivity index (χ4v) is 3.52. The summed E-state index contributed by atoms with van der Waals surface area (Å²) in [6.45, 7) is 1.97. The van der Waals surface area contributed by atoms with Crippen LogP contribution in [0.15, 0.2) is 24.3 Å². The number of nitrogens with zero attached hydrogens (tertiary/aromatic N) is 1. The van der Waals surface area contributed by atoms with Crippen LogP contribution >= 0.6 is 0 Å². The average Bonchev–Trinajstić information content (AvgIpc) is 2.50. The Balaban J connectivity index is 1.76. The molecule has 1 saturated carbocycles. The van der Waals surface area contributed by atoms with Crippen molar-refractivity contribution >= 4 is 17.7 Å². The number of halogens is 1. The summed E-state index contributed by atoms with van der Waals surface area (Å²) in [7, 11) is 0. The van der Waals surface area contributed by atoms with Gasteiger partial charge in [-0.05, 0) is 37.8 Å². The predicted molar refractivity (Wildman–Crippen MR) is 93.3 cm³/mol. The molecule has 3 amide bonds. The van der Waals surface area contributed by atoms with Gasteiger partial charge < -0.3 is 16.0 Å². The van der Waals surface area contributed by atoms with Crippen LogP contribution in [-0.2, 0) is 20.8 Å². The zero-order valence-corrected chi connectivity index (χ0v) is 14.8. The van der Waals surface area contributed by atoms with Crippen LogP contribution in [0.25, 0.3) is 0 Å². The van der Waals surface area contributed by atoms with E-state index < -0.39 is 17.4 Å². The van der Waals surface area contributed by atoms with Crippen LogP contribution in [0, 0.1) is 17.2 Å². The van der Waals surface area contributed by atoms with Crippen molar-refractivity contribution in [2.75, 3.05) is 13.1 Å². The van der Waals surface area contributed by atoms with Gasteiger partial charge in [-0.3, -0.25) is 14.4 Å². The van der Waals surface area contributed by atoms with Crippen LogP contribution in [0.4, 0.5) is 4.39 Å². The molecule has 26 heavy (non-hydrogen) atoms. The van der Waals surface area contributed by atoms with Crippen molar-refractivity contribution in [2.45, 2.75) is 38.6 Å². The minimum atomic E-state index is -0.939. The molecular weight excluding hydrogens is 337 g/mol. The first-order valence-corrected chi connectivity index (χ1v) is 8.95. The van der Waals surface area contributed by atoms with E-state index in [-0.39, 0.29) is 43.1 Å². The smallest absolute Gasteiger partial charge is 0.239 e. The lowest BCUT2D eigenvalue weighted by atomic mass is 9.72. The monoisotopic (exact) mass is 361 g/mol. The first-order valence-electron chi connectivity index (χ1n) is 8.95. The second kappa shape index (κ2) is 7.05. The lowest BCUT2D eigenvalue weighted by Gasteiger charge is -2.50. The molecule has 2 fully saturated rings. The third-order valence-corrected chi connectivity index (χ3v) is 5.50. The Morgan fingerprint density at radius 1 is 1.31 bits per heavy atom. The third kappa shape index (κ3) is 3.43. The van der Waals surface area contributed by atoms with Crippen molar-refractivity contribution in [3.8, 4) is 0 Å². The number of benzene rings is 1. The Hall–Kier alpha value is -2.44. The molecule has 1 atom stereocenters.